The van der Waals surface area contributed by atoms with Gasteiger partial charge in [0, 0.05) is 23.6 Å². The van der Waals surface area contributed by atoms with E-state index in [4.69, 9.17) is 21.7 Å². The number of Topliss-reactive ketones (excluding diaryl/α,β-unsaturated/α-hetero) is 1. The number of H-pyrrole nitrogens is 2. The van der Waals surface area contributed by atoms with Crippen LogP contribution in [0.25, 0.3) is 0 Å². The number of rotatable bonds is 5. The van der Waals surface area contributed by atoms with Gasteiger partial charge in [-0.1, -0.05) is 32.6 Å². The third kappa shape index (κ3) is 3.83. The second-order valence-electron chi connectivity index (χ2n) is 8.60. The smallest absolute Gasteiger partial charge is 0.257 e. The van der Waals surface area contributed by atoms with Gasteiger partial charge in [-0.15, -0.1) is 0 Å². The summed E-state index contributed by atoms with van der Waals surface area (Å²) in [6.07, 6.45) is 2.75. The molecule has 0 spiro atoms. The van der Waals surface area contributed by atoms with E-state index in [9.17, 15) is 9.59 Å². The number of aromatic amines is 2. The molecule has 0 fully saturated rings. The second-order valence-corrected chi connectivity index (χ2v) is 9.01. The number of fused-ring (bicyclic) bond motifs is 1. The number of allylic oxidation sites excluding steroid dienone is 2. The molecule has 0 radical (unpaired) electrons. The Hall–Kier alpha value is -3.13. The first kappa shape index (κ1) is 21.1. The van der Waals surface area contributed by atoms with Crippen molar-refractivity contribution in [3.63, 3.8) is 0 Å². The molecule has 0 amide bonds. The largest absolute Gasteiger partial charge is 0.493 e. The summed E-state index contributed by atoms with van der Waals surface area (Å²) in [5.41, 5.74) is 2.13. The van der Waals surface area contributed by atoms with Gasteiger partial charge in [-0.2, -0.15) is 0 Å². The number of methoxy groups -OCH3 is 1. The third-order valence-electron chi connectivity index (χ3n) is 5.63. The summed E-state index contributed by atoms with van der Waals surface area (Å²) in [5, 5.41) is 3.28. The van der Waals surface area contributed by atoms with E-state index in [-0.39, 0.29) is 21.5 Å². The first-order valence-electron chi connectivity index (χ1n) is 10.1. The standard InChI is InChI=1S/C23H25N3O4S/c1-5-8-30-15-7-6-12(9-16(15)29-4)17-18-13(10-23(2,3)11-14(18)27)24-20-19(17)21(28)26-22(31)25-20/h5-7,9,17H,1,8,10-11H2,2-4H3,(H3,24,25,26,28,31)/t17-/m0/s1. The second kappa shape index (κ2) is 7.85. The molecular weight excluding hydrogens is 414 g/mol. The molecule has 1 aliphatic heterocycles. The number of aromatic nitrogens is 2. The maximum absolute atomic E-state index is 13.3. The first-order chi connectivity index (χ1) is 14.7. The summed E-state index contributed by atoms with van der Waals surface area (Å²) in [6.45, 7) is 8.13. The van der Waals surface area contributed by atoms with E-state index in [2.05, 4.69) is 35.7 Å². The van der Waals surface area contributed by atoms with E-state index in [1.54, 1.807) is 19.3 Å². The normalized spacial score (nSPS) is 19.2. The minimum atomic E-state index is -0.548. The lowest BCUT2D eigenvalue weighted by atomic mass is 9.69. The van der Waals surface area contributed by atoms with E-state index in [0.717, 1.165) is 11.3 Å². The lowest BCUT2D eigenvalue weighted by Crippen LogP contribution is -2.36. The van der Waals surface area contributed by atoms with Gasteiger partial charge >= 0.3 is 0 Å². The van der Waals surface area contributed by atoms with Gasteiger partial charge in [0.15, 0.2) is 22.1 Å². The number of carbonyl (C=O) groups excluding carboxylic acids is 1. The molecule has 2 heterocycles. The van der Waals surface area contributed by atoms with E-state index in [0.29, 0.717) is 47.9 Å². The number of anilines is 1. The molecule has 7 nitrogen and oxygen atoms in total. The van der Waals surface area contributed by atoms with Crippen LogP contribution in [0.3, 0.4) is 0 Å². The summed E-state index contributed by atoms with van der Waals surface area (Å²) in [7, 11) is 1.55. The quantitative estimate of drug-likeness (QED) is 0.477. The molecule has 0 bridgehead atoms. The molecule has 162 valence electrons. The molecular formula is C23H25N3O4S. The molecule has 4 rings (SSSR count). The molecule has 8 heteroatoms. The van der Waals surface area contributed by atoms with Crippen molar-refractivity contribution in [1.82, 2.24) is 9.97 Å². The van der Waals surface area contributed by atoms with Crippen LogP contribution in [0.1, 0.15) is 43.7 Å². The van der Waals surface area contributed by atoms with Crippen LogP contribution in [0.15, 0.2) is 46.9 Å². The Bertz CT molecular complexity index is 1220. The zero-order valence-electron chi connectivity index (χ0n) is 17.8. The highest BCUT2D eigenvalue weighted by Crippen LogP contribution is 2.48. The van der Waals surface area contributed by atoms with Gasteiger partial charge < -0.3 is 19.8 Å². The topological polar surface area (TPSA) is 96.2 Å². The van der Waals surface area contributed by atoms with E-state index in [1.165, 1.54) is 0 Å². The minimum Gasteiger partial charge on any atom is -0.493 e. The molecule has 0 unspecified atom stereocenters. The molecule has 0 saturated carbocycles. The number of hydrogen-bond donors (Lipinski definition) is 3. The van der Waals surface area contributed by atoms with E-state index < -0.39 is 5.92 Å². The van der Waals surface area contributed by atoms with Crippen LogP contribution in [0, 0.1) is 10.2 Å². The fraction of sp³-hybridized carbons (Fsp3) is 0.348. The number of hydrogen-bond acceptors (Lipinski definition) is 6. The Labute approximate surface area is 185 Å². The number of ether oxygens (including phenoxy) is 2. The number of ketones is 1. The minimum absolute atomic E-state index is 0.0298. The van der Waals surface area contributed by atoms with Crippen LogP contribution in [0.2, 0.25) is 0 Å². The fourth-order valence-electron chi connectivity index (χ4n) is 4.41. The molecule has 1 aromatic carbocycles. The summed E-state index contributed by atoms with van der Waals surface area (Å²) < 4.78 is 11.4. The Kier molecular flexibility index (Phi) is 5.35. The number of carbonyl (C=O) groups is 1. The molecule has 2 aliphatic rings. The van der Waals surface area contributed by atoms with Crippen molar-refractivity contribution in [1.29, 1.82) is 0 Å². The van der Waals surface area contributed by atoms with Gasteiger partial charge in [-0.3, -0.25) is 14.6 Å². The zero-order chi connectivity index (χ0) is 22.3. The van der Waals surface area contributed by atoms with Crippen molar-refractivity contribution in [2.75, 3.05) is 19.0 Å². The van der Waals surface area contributed by atoms with Crippen molar-refractivity contribution >= 4 is 23.8 Å². The molecule has 0 saturated heterocycles. The third-order valence-corrected chi connectivity index (χ3v) is 5.83. The monoisotopic (exact) mass is 439 g/mol. The highest BCUT2D eigenvalue weighted by molar-refractivity contribution is 7.71. The Morgan fingerprint density at radius 2 is 2.00 bits per heavy atom. The van der Waals surface area contributed by atoms with Crippen LogP contribution in [-0.4, -0.2) is 29.5 Å². The van der Waals surface area contributed by atoms with Crippen molar-refractivity contribution in [3.05, 3.63) is 68.4 Å². The lowest BCUT2D eigenvalue weighted by molar-refractivity contribution is -0.118. The summed E-state index contributed by atoms with van der Waals surface area (Å²) in [6, 6.07) is 5.46. The van der Waals surface area contributed by atoms with Crippen molar-refractivity contribution in [2.24, 2.45) is 5.41 Å². The highest BCUT2D eigenvalue weighted by atomic mass is 32.1. The van der Waals surface area contributed by atoms with E-state index in [1.807, 2.05) is 12.1 Å². The van der Waals surface area contributed by atoms with Gasteiger partial charge in [-0.05, 0) is 41.7 Å². The number of nitrogens with one attached hydrogen (secondary N) is 3. The van der Waals surface area contributed by atoms with Crippen LogP contribution < -0.4 is 20.3 Å². The number of benzene rings is 1. The SMILES string of the molecule is C=CCOc1ccc([C@H]2C3=C(CC(C)(C)CC3=O)Nc3[nH]c(=S)[nH]c(=O)c32)cc1OC. The van der Waals surface area contributed by atoms with Gasteiger partial charge in [0.25, 0.3) is 5.56 Å². The maximum Gasteiger partial charge on any atom is 0.257 e. The van der Waals surface area contributed by atoms with Gasteiger partial charge in [0.05, 0.1) is 12.7 Å². The van der Waals surface area contributed by atoms with Crippen LogP contribution in [0.4, 0.5) is 5.82 Å². The molecule has 1 atom stereocenters. The van der Waals surface area contributed by atoms with Crippen LogP contribution in [0.5, 0.6) is 11.5 Å². The van der Waals surface area contributed by atoms with Crippen LogP contribution in [-0.2, 0) is 4.79 Å². The van der Waals surface area contributed by atoms with Crippen molar-refractivity contribution in [3.8, 4) is 11.5 Å². The van der Waals surface area contributed by atoms with E-state index >= 15 is 0 Å². The summed E-state index contributed by atoms with van der Waals surface area (Å²) >= 11 is 5.17. The maximum atomic E-state index is 13.3. The van der Waals surface area contributed by atoms with Gasteiger partial charge in [-0.25, -0.2) is 0 Å². The lowest BCUT2D eigenvalue weighted by Gasteiger charge is -2.38. The molecule has 1 aromatic heterocycles. The average molecular weight is 440 g/mol. The molecule has 31 heavy (non-hydrogen) atoms. The molecule has 2 aromatic rings. The van der Waals surface area contributed by atoms with Crippen molar-refractivity contribution < 1.29 is 14.3 Å². The van der Waals surface area contributed by atoms with Crippen LogP contribution >= 0.6 is 12.2 Å². The predicted molar refractivity (Wildman–Crippen MR) is 121 cm³/mol. The highest BCUT2D eigenvalue weighted by Gasteiger charge is 2.42. The Balaban J connectivity index is 1.93. The molecule has 1 aliphatic carbocycles. The summed E-state index contributed by atoms with van der Waals surface area (Å²) in [5.74, 6) is 1.08. The Morgan fingerprint density at radius 3 is 2.71 bits per heavy atom. The average Bonchev–Trinajstić information content (AvgIpc) is 2.69. The molecule has 3 N–H and O–H groups in total. The Morgan fingerprint density at radius 1 is 1.23 bits per heavy atom. The fourth-order valence-corrected chi connectivity index (χ4v) is 4.61. The first-order valence-corrected chi connectivity index (χ1v) is 10.5. The predicted octanol–water partition coefficient (Wildman–Crippen LogP) is 4.21. The van der Waals surface area contributed by atoms with Crippen molar-refractivity contribution in [2.45, 2.75) is 32.6 Å². The summed E-state index contributed by atoms with van der Waals surface area (Å²) in [4.78, 5) is 31.9. The van der Waals surface area contributed by atoms with Gasteiger partial charge in [0.2, 0.25) is 0 Å². The zero-order valence-corrected chi connectivity index (χ0v) is 18.6. The van der Waals surface area contributed by atoms with Gasteiger partial charge in [0.1, 0.15) is 12.4 Å².